The van der Waals surface area contributed by atoms with Gasteiger partial charge in [0.05, 0.1) is 12.6 Å². The Kier molecular flexibility index (Phi) is 5.45. The first-order valence-electron chi connectivity index (χ1n) is 5.89. The number of hydrogen-bond donors (Lipinski definition) is 0. The number of aromatic nitrogens is 1. The molecule has 1 aromatic heterocycles. The van der Waals surface area contributed by atoms with Gasteiger partial charge < -0.3 is 4.74 Å². The Morgan fingerprint density at radius 3 is 2.53 bits per heavy atom. The molecule has 0 amide bonds. The number of hydrogen-bond acceptors (Lipinski definition) is 6. The summed E-state index contributed by atoms with van der Waals surface area (Å²) in [5, 5.41) is 0. The monoisotopic (exact) mass is 306 g/mol. The molecule has 0 saturated carbocycles. The molecular weight excluding hydrogens is 288 g/mol. The molecule has 0 unspecified atom stereocenters. The van der Waals surface area contributed by atoms with Crippen molar-refractivity contribution in [1.82, 2.24) is 9.29 Å². The summed E-state index contributed by atoms with van der Waals surface area (Å²) in [7, 11) is -0.998. The second-order valence-corrected chi connectivity index (χ2v) is 7.02. The summed E-state index contributed by atoms with van der Waals surface area (Å²) in [6.45, 7) is 3.85. The summed E-state index contributed by atoms with van der Waals surface area (Å²) in [6, 6.07) is -0.0994. The van der Waals surface area contributed by atoms with Crippen LogP contribution in [0.1, 0.15) is 37.2 Å². The summed E-state index contributed by atoms with van der Waals surface area (Å²) in [5.74, 6) is -0.738. The highest BCUT2D eigenvalue weighted by Gasteiger charge is 2.32. The SMILES string of the molecule is CCC(CC)N(C)S(=O)(=O)c1scnc1C(=O)OC. The molecule has 0 aromatic carbocycles. The van der Waals surface area contributed by atoms with Crippen molar-refractivity contribution in [2.45, 2.75) is 36.9 Å². The van der Waals surface area contributed by atoms with Crippen molar-refractivity contribution in [3.63, 3.8) is 0 Å². The van der Waals surface area contributed by atoms with Crippen molar-refractivity contribution >= 4 is 27.3 Å². The number of carbonyl (C=O) groups excluding carboxylic acids is 1. The average molecular weight is 306 g/mol. The molecular formula is C11H18N2O4S2. The second kappa shape index (κ2) is 6.44. The van der Waals surface area contributed by atoms with Crippen LogP contribution in [0.3, 0.4) is 0 Å². The van der Waals surface area contributed by atoms with Gasteiger partial charge in [-0.3, -0.25) is 0 Å². The number of rotatable bonds is 6. The number of esters is 1. The van der Waals surface area contributed by atoms with E-state index in [9.17, 15) is 13.2 Å². The maximum absolute atomic E-state index is 12.5. The standard InChI is InChI=1S/C11H18N2O4S2/c1-5-8(6-2)13(3)19(15,16)11-9(10(14)17-4)12-7-18-11/h7-8H,5-6H2,1-4H3. The molecule has 0 bridgehead atoms. The molecule has 0 spiro atoms. The van der Waals surface area contributed by atoms with E-state index in [-0.39, 0.29) is 15.9 Å². The minimum Gasteiger partial charge on any atom is -0.464 e. The number of carbonyl (C=O) groups is 1. The molecule has 6 nitrogen and oxygen atoms in total. The van der Waals surface area contributed by atoms with E-state index in [2.05, 4.69) is 9.72 Å². The highest BCUT2D eigenvalue weighted by atomic mass is 32.2. The molecule has 0 atom stereocenters. The Morgan fingerprint density at radius 2 is 2.05 bits per heavy atom. The van der Waals surface area contributed by atoms with E-state index < -0.39 is 16.0 Å². The first kappa shape index (κ1) is 16.1. The fourth-order valence-corrected chi connectivity index (χ4v) is 4.58. The van der Waals surface area contributed by atoms with Crippen molar-refractivity contribution in [2.24, 2.45) is 0 Å². The molecule has 0 radical (unpaired) electrons. The molecule has 0 aliphatic rings. The van der Waals surface area contributed by atoms with E-state index in [4.69, 9.17) is 0 Å². The van der Waals surface area contributed by atoms with Crippen LogP contribution in [0.15, 0.2) is 9.72 Å². The molecule has 108 valence electrons. The molecule has 0 fully saturated rings. The lowest BCUT2D eigenvalue weighted by Crippen LogP contribution is -2.36. The molecule has 1 rings (SSSR count). The summed E-state index contributed by atoms with van der Waals surface area (Å²) < 4.78 is 30.7. The zero-order valence-electron chi connectivity index (χ0n) is 11.4. The fourth-order valence-electron chi connectivity index (χ4n) is 1.78. The molecule has 0 saturated heterocycles. The number of sulfonamides is 1. The third kappa shape index (κ3) is 3.13. The van der Waals surface area contributed by atoms with Crippen molar-refractivity contribution in [3.8, 4) is 0 Å². The quantitative estimate of drug-likeness (QED) is 0.748. The van der Waals surface area contributed by atoms with Crippen molar-refractivity contribution < 1.29 is 17.9 Å². The van der Waals surface area contributed by atoms with Crippen LogP contribution >= 0.6 is 11.3 Å². The minimum absolute atomic E-state index is 0.0613. The van der Waals surface area contributed by atoms with Gasteiger partial charge in [-0.05, 0) is 12.8 Å². The van der Waals surface area contributed by atoms with Crippen molar-refractivity contribution in [1.29, 1.82) is 0 Å². The van der Waals surface area contributed by atoms with Crippen LogP contribution < -0.4 is 0 Å². The molecule has 1 aromatic rings. The van der Waals surface area contributed by atoms with E-state index in [1.807, 2.05) is 13.8 Å². The molecule has 0 N–H and O–H groups in total. The second-order valence-electron chi connectivity index (χ2n) is 3.97. The van der Waals surface area contributed by atoms with Crippen LogP contribution in [0.4, 0.5) is 0 Å². The molecule has 8 heteroatoms. The summed E-state index contributed by atoms with van der Waals surface area (Å²) in [5.41, 5.74) is 1.19. The number of thiazole rings is 1. The Morgan fingerprint density at radius 1 is 1.47 bits per heavy atom. The van der Waals surface area contributed by atoms with Gasteiger partial charge in [0.15, 0.2) is 9.90 Å². The lowest BCUT2D eigenvalue weighted by atomic mass is 10.2. The van der Waals surface area contributed by atoms with Gasteiger partial charge in [0, 0.05) is 13.1 Å². The van der Waals surface area contributed by atoms with E-state index in [0.717, 1.165) is 11.3 Å². The zero-order chi connectivity index (χ0) is 14.6. The Hall–Kier alpha value is -0.990. The number of nitrogens with zero attached hydrogens (tertiary/aromatic N) is 2. The lowest BCUT2D eigenvalue weighted by Gasteiger charge is -2.24. The molecule has 0 aliphatic carbocycles. The Balaban J connectivity index is 3.21. The first-order valence-corrected chi connectivity index (χ1v) is 8.21. The Labute approximate surface area is 117 Å². The van der Waals surface area contributed by atoms with Crippen LogP contribution in [0.25, 0.3) is 0 Å². The van der Waals surface area contributed by atoms with Crippen LogP contribution in [0.2, 0.25) is 0 Å². The maximum atomic E-state index is 12.5. The first-order chi connectivity index (χ1) is 8.89. The van der Waals surface area contributed by atoms with Gasteiger partial charge in [-0.25, -0.2) is 18.2 Å². The largest absolute Gasteiger partial charge is 0.464 e. The third-order valence-corrected chi connectivity index (χ3v) is 6.24. The van der Waals surface area contributed by atoms with Gasteiger partial charge >= 0.3 is 5.97 Å². The predicted molar refractivity (Wildman–Crippen MR) is 72.8 cm³/mol. The summed E-state index contributed by atoms with van der Waals surface area (Å²) >= 11 is 0.925. The topological polar surface area (TPSA) is 76.6 Å². The van der Waals surface area contributed by atoms with E-state index in [1.165, 1.54) is 24.0 Å². The van der Waals surface area contributed by atoms with E-state index in [1.54, 1.807) is 0 Å². The zero-order valence-corrected chi connectivity index (χ0v) is 13.0. The molecule has 0 aliphatic heterocycles. The highest BCUT2D eigenvalue weighted by molar-refractivity contribution is 7.91. The van der Waals surface area contributed by atoms with Crippen LogP contribution in [0, 0.1) is 0 Å². The average Bonchev–Trinajstić information content (AvgIpc) is 2.89. The maximum Gasteiger partial charge on any atom is 0.358 e. The highest BCUT2D eigenvalue weighted by Crippen LogP contribution is 2.26. The van der Waals surface area contributed by atoms with Gasteiger partial charge in [0.1, 0.15) is 0 Å². The third-order valence-electron chi connectivity index (χ3n) is 2.98. The van der Waals surface area contributed by atoms with E-state index in [0.29, 0.717) is 12.8 Å². The summed E-state index contributed by atoms with van der Waals surface area (Å²) in [4.78, 5) is 15.3. The van der Waals surface area contributed by atoms with Gasteiger partial charge in [0.2, 0.25) is 0 Å². The van der Waals surface area contributed by atoms with Crippen LogP contribution in [-0.4, -0.2) is 43.9 Å². The normalized spacial score (nSPS) is 12.1. The predicted octanol–water partition coefficient (Wildman–Crippen LogP) is 1.74. The Bertz CT molecular complexity index is 535. The van der Waals surface area contributed by atoms with Crippen LogP contribution in [-0.2, 0) is 14.8 Å². The lowest BCUT2D eigenvalue weighted by molar-refractivity contribution is 0.0590. The molecule has 1 heterocycles. The fraction of sp³-hybridized carbons (Fsp3) is 0.636. The van der Waals surface area contributed by atoms with Crippen molar-refractivity contribution in [2.75, 3.05) is 14.2 Å². The number of methoxy groups -OCH3 is 1. The van der Waals surface area contributed by atoms with E-state index >= 15 is 0 Å². The minimum atomic E-state index is -3.72. The van der Waals surface area contributed by atoms with Gasteiger partial charge in [-0.2, -0.15) is 4.31 Å². The summed E-state index contributed by atoms with van der Waals surface area (Å²) in [6.07, 6.45) is 1.41. The smallest absolute Gasteiger partial charge is 0.358 e. The van der Waals surface area contributed by atoms with Crippen molar-refractivity contribution in [3.05, 3.63) is 11.2 Å². The van der Waals surface area contributed by atoms with Crippen LogP contribution in [0.5, 0.6) is 0 Å². The van der Waals surface area contributed by atoms with Gasteiger partial charge in [-0.15, -0.1) is 11.3 Å². The van der Waals surface area contributed by atoms with Gasteiger partial charge in [0.25, 0.3) is 10.0 Å². The van der Waals surface area contributed by atoms with Gasteiger partial charge in [-0.1, -0.05) is 13.8 Å². The number of ether oxygens (including phenoxy) is 1. The molecule has 19 heavy (non-hydrogen) atoms.